The summed E-state index contributed by atoms with van der Waals surface area (Å²) in [4.78, 5) is 27.4. The zero-order valence-corrected chi connectivity index (χ0v) is 28.2. The lowest BCUT2D eigenvalue weighted by Gasteiger charge is -2.44. The number of sulfonamides is 1. The fraction of sp³-hybridized carbons (Fsp3) is 0.543. The molecule has 0 aromatic heterocycles. The number of hydrogen-bond acceptors (Lipinski definition) is 7. The molecule has 3 aliphatic rings. The van der Waals surface area contributed by atoms with Crippen LogP contribution in [-0.2, 0) is 32.4 Å². The number of amides is 1. The van der Waals surface area contributed by atoms with Gasteiger partial charge >= 0.3 is 5.97 Å². The molecule has 0 unspecified atom stereocenters. The van der Waals surface area contributed by atoms with Crippen molar-refractivity contribution in [3.63, 3.8) is 0 Å². The fourth-order valence-corrected chi connectivity index (χ4v) is 8.40. The molecule has 0 spiro atoms. The topological polar surface area (TPSA) is 122 Å². The first-order valence-electron chi connectivity index (χ1n) is 16.5. The standard InChI is InChI=1S/C35H45ClN2O7S/c1-3-29-9-4-5-10-32(45-23(2)35(40)41)30-15-12-27(30)22-38-18-7-6-8-25-20-28(36)14-11-24(25)17-19-44-33-16-13-26(21-31(33)38)34(39)37-46(29,42)43/h5,10-11,13-14,16,20-21,23,27,29-30,32H,3-4,6-9,12,15,17-19,22H2,1-2H3,(H,37,39)(H,40,41)/b10-5+/t23-,27-,29+,30+,32-/m0/s1. The first kappa shape index (κ1) is 34.3. The van der Waals surface area contributed by atoms with E-state index in [4.69, 9.17) is 21.1 Å². The van der Waals surface area contributed by atoms with E-state index in [1.54, 1.807) is 32.0 Å². The molecule has 1 fully saturated rings. The molecule has 0 radical (unpaired) electrons. The Balaban J connectivity index is 1.52. The quantitative estimate of drug-likeness (QED) is 0.370. The smallest absolute Gasteiger partial charge is 0.332 e. The maximum absolute atomic E-state index is 13.4. The molecular weight excluding hydrogens is 628 g/mol. The Labute approximate surface area is 277 Å². The number of hydrogen-bond donors (Lipinski definition) is 2. The molecule has 5 rings (SSSR count). The Morgan fingerprint density at radius 3 is 2.70 bits per heavy atom. The molecule has 250 valence electrons. The van der Waals surface area contributed by atoms with E-state index in [9.17, 15) is 23.1 Å². The predicted molar refractivity (Wildman–Crippen MR) is 179 cm³/mol. The molecule has 2 aliphatic heterocycles. The summed E-state index contributed by atoms with van der Waals surface area (Å²) in [5.74, 6) is -0.716. The Hall–Kier alpha value is -3.08. The summed E-state index contributed by atoms with van der Waals surface area (Å²) in [5.41, 5.74) is 3.43. The number of allylic oxidation sites excluding steroid dienone is 1. The first-order valence-corrected chi connectivity index (χ1v) is 18.4. The molecule has 2 heterocycles. The van der Waals surface area contributed by atoms with Gasteiger partial charge in [0.05, 0.1) is 23.6 Å². The Morgan fingerprint density at radius 2 is 1.96 bits per heavy atom. The third kappa shape index (κ3) is 8.25. The summed E-state index contributed by atoms with van der Waals surface area (Å²) in [7, 11) is -3.95. The summed E-state index contributed by atoms with van der Waals surface area (Å²) >= 11 is 6.33. The summed E-state index contributed by atoms with van der Waals surface area (Å²) in [5, 5.41) is 9.56. The van der Waals surface area contributed by atoms with E-state index >= 15 is 0 Å². The monoisotopic (exact) mass is 672 g/mol. The number of anilines is 1. The van der Waals surface area contributed by atoms with Crippen LogP contribution < -0.4 is 14.4 Å². The van der Waals surface area contributed by atoms with Crippen LogP contribution in [0.3, 0.4) is 0 Å². The van der Waals surface area contributed by atoms with Gasteiger partial charge in [-0.2, -0.15) is 0 Å². The van der Waals surface area contributed by atoms with Crippen molar-refractivity contribution in [3.05, 3.63) is 70.3 Å². The van der Waals surface area contributed by atoms with Crippen LogP contribution in [0.4, 0.5) is 5.69 Å². The lowest BCUT2D eigenvalue weighted by Crippen LogP contribution is -2.45. The van der Waals surface area contributed by atoms with Crippen LogP contribution in [0.1, 0.15) is 80.3 Å². The van der Waals surface area contributed by atoms with Crippen molar-refractivity contribution in [2.75, 3.05) is 24.6 Å². The molecule has 11 heteroatoms. The number of carbonyl (C=O) groups is 2. The number of nitrogens with zero attached hydrogens (tertiary/aromatic N) is 1. The number of ether oxygens (including phenoxy) is 2. The van der Waals surface area contributed by atoms with E-state index in [0.29, 0.717) is 51.1 Å². The summed E-state index contributed by atoms with van der Waals surface area (Å²) in [6, 6.07) is 11.1. The van der Waals surface area contributed by atoms with Gasteiger partial charge in [-0.05, 0) is 112 Å². The van der Waals surface area contributed by atoms with E-state index in [-0.39, 0.29) is 17.4 Å². The zero-order chi connectivity index (χ0) is 32.8. The van der Waals surface area contributed by atoms with Crippen molar-refractivity contribution in [2.45, 2.75) is 89.1 Å². The van der Waals surface area contributed by atoms with Gasteiger partial charge in [-0.15, -0.1) is 0 Å². The molecule has 2 bridgehead atoms. The van der Waals surface area contributed by atoms with Gasteiger partial charge in [0.15, 0.2) is 6.10 Å². The molecular formula is C35H45ClN2O7S. The molecule has 0 saturated heterocycles. The second-order valence-corrected chi connectivity index (χ2v) is 15.1. The molecule has 1 saturated carbocycles. The molecule has 2 aromatic rings. The molecule has 2 N–H and O–H groups in total. The first-order chi connectivity index (χ1) is 22.1. The minimum Gasteiger partial charge on any atom is -0.491 e. The van der Waals surface area contributed by atoms with Gasteiger partial charge in [-0.25, -0.2) is 17.9 Å². The summed E-state index contributed by atoms with van der Waals surface area (Å²) in [6.07, 6.45) is 8.82. The molecule has 1 aliphatic carbocycles. The van der Waals surface area contributed by atoms with Crippen LogP contribution >= 0.6 is 11.6 Å². The highest BCUT2D eigenvalue weighted by Crippen LogP contribution is 2.42. The van der Waals surface area contributed by atoms with Gasteiger partial charge in [0.25, 0.3) is 5.91 Å². The van der Waals surface area contributed by atoms with Crippen molar-refractivity contribution in [3.8, 4) is 5.75 Å². The Bertz CT molecular complexity index is 1550. The number of aliphatic carboxylic acids is 1. The average Bonchev–Trinajstić information content (AvgIpc) is 2.99. The van der Waals surface area contributed by atoms with Crippen LogP contribution in [0.15, 0.2) is 48.6 Å². The highest BCUT2D eigenvalue weighted by molar-refractivity contribution is 7.90. The molecule has 5 atom stereocenters. The normalized spacial score (nSPS) is 26.8. The maximum Gasteiger partial charge on any atom is 0.332 e. The number of halogens is 1. The minimum atomic E-state index is -3.95. The van der Waals surface area contributed by atoms with Crippen molar-refractivity contribution < 1.29 is 32.6 Å². The summed E-state index contributed by atoms with van der Waals surface area (Å²) in [6.45, 7) is 5.12. The number of rotatable bonds is 4. The minimum absolute atomic E-state index is 0.0999. The molecule has 2 aromatic carbocycles. The van der Waals surface area contributed by atoms with Gasteiger partial charge in [0, 0.05) is 30.1 Å². The van der Waals surface area contributed by atoms with Crippen LogP contribution in [0, 0.1) is 11.8 Å². The Morgan fingerprint density at radius 1 is 1.13 bits per heavy atom. The third-order valence-corrected chi connectivity index (χ3v) is 11.8. The van der Waals surface area contributed by atoms with Crippen LogP contribution in [-0.4, -0.2) is 62.6 Å². The number of carboxylic acids is 1. The SMILES string of the molecule is CC[C@@H]1CC/C=C/[C@H](O[C@@H](C)C(=O)O)[C@@H]2CC[C@H]2CN2CCCCc3cc(Cl)ccc3CCOc3ccc(cc32)C(=O)NS1(=O)=O. The van der Waals surface area contributed by atoms with Crippen LogP contribution in [0.5, 0.6) is 5.75 Å². The number of nitrogens with one attached hydrogen (secondary N) is 1. The van der Waals surface area contributed by atoms with E-state index in [2.05, 4.69) is 15.7 Å². The van der Waals surface area contributed by atoms with Gasteiger partial charge in [-0.1, -0.05) is 36.7 Å². The number of aryl methyl sites for hydroxylation is 1. The maximum atomic E-state index is 13.4. The van der Waals surface area contributed by atoms with Crippen molar-refractivity contribution >= 4 is 39.2 Å². The third-order valence-electron chi connectivity index (χ3n) is 9.66. The lowest BCUT2D eigenvalue weighted by atomic mass is 9.70. The van der Waals surface area contributed by atoms with Gasteiger partial charge in [0.2, 0.25) is 10.0 Å². The summed E-state index contributed by atoms with van der Waals surface area (Å²) < 4.78 is 41.4. The predicted octanol–water partition coefficient (Wildman–Crippen LogP) is 6.18. The van der Waals surface area contributed by atoms with Gasteiger partial charge in [-0.3, -0.25) is 4.79 Å². The van der Waals surface area contributed by atoms with Crippen LogP contribution in [0.25, 0.3) is 0 Å². The van der Waals surface area contributed by atoms with Crippen molar-refractivity contribution in [1.82, 2.24) is 4.72 Å². The zero-order valence-electron chi connectivity index (χ0n) is 26.6. The number of carbonyl (C=O) groups excluding carboxylic acids is 1. The van der Waals surface area contributed by atoms with Gasteiger partial charge < -0.3 is 19.5 Å². The molecule has 9 nitrogen and oxygen atoms in total. The van der Waals surface area contributed by atoms with Crippen molar-refractivity contribution in [1.29, 1.82) is 0 Å². The highest BCUT2D eigenvalue weighted by Gasteiger charge is 2.39. The number of carboxylic acid groups (broad SMARTS) is 1. The van der Waals surface area contributed by atoms with Gasteiger partial charge in [0.1, 0.15) is 5.75 Å². The largest absolute Gasteiger partial charge is 0.491 e. The molecule has 1 amide bonds. The average molecular weight is 673 g/mol. The fourth-order valence-electron chi connectivity index (χ4n) is 6.78. The van der Waals surface area contributed by atoms with Crippen molar-refractivity contribution in [2.24, 2.45) is 11.8 Å². The van der Waals surface area contributed by atoms with E-state index in [1.807, 2.05) is 24.3 Å². The van der Waals surface area contributed by atoms with E-state index < -0.39 is 39.4 Å². The molecule has 46 heavy (non-hydrogen) atoms. The number of benzene rings is 2. The Kier molecular flexibility index (Phi) is 11.3. The second-order valence-electron chi connectivity index (χ2n) is 12.7. The van der Waals surface area contributed by atoms with Crippen LogP contribution in [0.2, 0.25) is 5.02 Å². The van der Waals surface area contributed by atoms with E-state index in [0.717, 1.165) is 42.8 Å². The second kappa shape index (κ2) is 15.2. The highest BCUT2D eigenvalue weighted by atomic mass is 35.5. The lowest BCUT2D eigenvalue weighted by molar-refractivity contribution is -0.155. The number of fused-ring (bicyclic) bond motifs is 3. The van der Waals surface area contributed by atoms with E-state index in [1.165, 1.54) is 11.1 Å².